The Balaban J connectivity index is 1.96. The molecule has 2 rings (SSSR count). The summed E-state index contributed by atoms with van der Waals surface area (Å²) in [6, 6.07) is 12.7. The Morgan fingerprint density at radius 2 is 1.92 bits per heavy atom. The van der Waals surface area contributed by atoms with Crippen molar-refractivity contribution in [1.29, 1.82) is 0 Å². The van der Waals surface area contributed by atoms with Crippen LogP contribution in [0.4, 0.5) is 5.82 Å². The molecule has 2 N–H and O–H groups in total. The van der Waals surface area contributed by atoms with Gasteiger partial charge in [0.1, 0.15) is 11.6 Å². The first-order valence-electron chi connectivity index (χ1n) is 7.40. The first kappa shape index (κ1) is 17.2. The van der Waals surface area contributed by atoms with Gasteiger partial charge in [-0.05, 0) is 35.9 Å². The number of nitrogens with one attached hydrogen (secondary N) is 1. The second kappa shape index (κ2) is 8.47. The third-order valence-electron chi connectivity index (χ3n) is 2.99. The van der Waals surface area contributed by atoms with Gasteiger partial charge in [-0.1, -0.05) is 24.3 Å². The van der Waals surface area contributed by atoms with Gasteiger partial charge in [-0.3, -0.25) is 9.59 Å². The maximum absolute atomic E-state index is 11.0. The molecule has 6 heteroatoms. The van der Waals surface area contributed by atoms with Gasteiger partial charge < -0.3 is 15.2 Å². The lowest BCUT2D eigenvalue weighted by Crippen LogP contribution is -2.07. The van der Waals surface area contributed by atoms with E-state index in [1.54, 1.807) is 18.2 Å². The van der Waals surface area contributed by atoms with Gasteiger partial charge in [-0.25, -0.2) is 4.98 Å². The summed E-state index contributed by atoms with van der Waals surface area (Å²) in [5.41, 5.74) is 1.68. The molecule has 0 bridgehead atoms. The zero-order valence-electron chi connectivity index (χ0n) is 13.2. The van der Waals surface area contributed by atoms with Crippen LogP contribution in [0.3, 0.4) is 0 Å². The highest BCUT2D eigenvalue weighted by atomic mass is 16.5. The number of aliphatic carboxylic acids is 1. The van der Waals surface area contributed by atoms with E-state index in [0.717, 1.165) is 11.3 Å². The van der Waals surface area contributed by atoms with E-state index in [4.69, 9.17) is 9.84 Å². The summed E-state index contributed by atoms with van der Waals surface area (Å²) in [6.45, 7) is 1.58. The van der Waals surface area contributed by atoms with Crippen LogP contribution in [0, 0.1) is 0 Å². The zero-order chi connectivity index (χ0) is 17.4. The van der Waals surface area contributed by atoms with Crippen molar-refractivity contribution in [3.05, 3.63) is 53.7 Å². The van der Waals surface area contributed by atoms with E-state index >= 15 is 0 Å². The van der Waals surface area contributed by atoms with Gasteiger partial charge in [0.15, 0.2) is 0 Å². The summed E-state index contributed by atoms with van der Waals surface area (Å²) in [4.78, 5) is 25.8. The van der Waals surface area contributed by atoms with E-state index < -0.39 is 5.97 Å². The van der Waals surface area contributed by atoms with Crippen LogP contribution in [0.5, 0.6) is 5.75 Å². The molecule has 6 nitrogen and oxygen atoms in total. The number of hydrogen-bond donors (Lipinski definition) is 2. The second-order valence-corrected chi connectivity index (χ2v) is 5.02. The Morgan fingerprint density at radius 1 is 1.17 bits per heavy atom. The van der Waals surface area contributed by atoms with Crippen molar-refractivity contribution in [2.75, 3.05) is 11.9 Å². The number of nitrogens with zero attached hydrogens (tertiary/aromatic N) is 1. The molecule has 1 aromatic carbocycles. The maximum Gasteiger partial charge on any atom is 0.306 e. The average molecular weight is 326 g/mol. The molecule has 124 valence electrons. The highest BCUT2D eigenvalue weighted by Gasteiger charge is 1.99. The first-order valence-corrected chi connectivity index (χ1v) is 7.40. The number of hydrogen-bond acceptors (Lipinski definition) is 4. The molecule has 24 heavy (non-hydrogen) atoms. The van der Waals surface area contributed by atoms with Gasteiger partial charge in [-0.2, -0.15) is 0 Å². The maximum atomic E-state index is 11.0. The number of carbonyl (C=O) groups is 2. The predicted molar refractivity (Wildman–Crippen MR) is 91.7 cm³/mol. The van der Waals surface area contributed by atoms with Crippen molar-refractivity contribution in [3.63, 3.8) is 0 Å². The molecule has 0 fully saturated rings. The molecule has 0 aliphatic heterocycles. The number of carboxylic acids is 1. The molecular formula is C18H18N2O4. The van der Waals surface area contributed by atoms with Crippen molar-refractivity contribution in [2.45, 2.75) is 13.3 Å². The van der Waals surface area contributed by atoms with Crippen LogP contribution in [0.2, 0.25) is 0 Å². The summed E-state index contributed by atoms with van der Waals surface area (Å²) in [7, 11) is 0. The van der Waals surface area contributed by atoms with Crippen LogP contribution < -0.4 is 10.1 Å². The molecule has 0 atom stereocenters. The summed E-state index contributed by atoms with van der Waals surface area (Å²) < 4.78 is 5.33. The van der Waals surface area contributed by atoms with Crippen LogP contribution in [0.1, 0.15) is 24.6 Å². The lowest BCUT2D eigenvalue weighted by Gasteiger charge is -2.04. The predicted octanol–water partition coefficient (Wildman–Crippen LogP) is 3.06. The van der Waals surface area contributed by atoms with Crippen LogP contribution in [-0.4, -0.2) is 28.6 Å². The number of rotatable bonds is 7. The number of anilines is 1. The zero-order valence-corrected chi connectivity index (χ0v) is 13.2. The Bertz CT molecular complexity index is 739. The number of amides is 1. The molecule has 1 heterocycles. The van der Waals surface area contributed by atoms with Crippen LogP contribution >= 0.6 is 0 Å². The molecule has 0 radical (unpaired) electrons. The van der Waals surface area contributed by atoms with Gasteiger partial charge in [0.05, 0.1) is 18.7 Å². The fraction of sp³-hybridized carbons (Fsp3) is 0.167. The normalized spacial score (nSPS) is 10.5. The van der Waals surface area contributed by atoms with E-state index in [1.165, 1.54) is 6.92 Å². The molecule has 0 aliphatic carbocycles. The first-order chi connectivity index (χ1) is 11.5. The number of carboxylic acid groups (broad SMARTS) is 1. The van der Waals surface area contributed by atoms with Crippen molar-refractivity contribution in [1.82, 2.24) is 4.98 Å². The third-order valence-corrected chi connectivity index (χ3v) is 2.99. The van der Waals surface area contributed by atoms with Crippen LogP contribution in [0.15, 0.2) is 42.5 Å². The lowest BCUT2D eigenvalue weighted by atomic mass is 10.2. The van der Waals surface area contributed by atoms with Crippen molar-refractivity contribution >= 4 is 29.8 Å². The SMILES string of the molecule is CC(=O)Nc1cccc(/C=C/c2ccc(OCCC(=O)O)cc2)n1. The molecule has 0 aliphatic rings. The molecule has 0 spiro atoms. The highest BCUT2D eigenvalue weighted by Crippen LogP contribution is 2.15. The number of pyridine rings is 1. The fourth-order valence-corrected chi connectivity index (χ4v) is 1.91. The minimum absolute atomic E-state index is 0.0298. The molecule has 0 unspecified atom stereocenters. The Hall–Kier alpha value is -3.15. The minimum atomic E-state index is -0.886. The van der Waals surface area contributed by atoms with Gasteiger partial charge in [0, 0.05) is 6.92 Å². The minimum Gasteiger partial charge on any atom is -0.493 e. The summed E-state index contributed by atoms with van der Waals surface area (Å²) in [5, 5.41) is 11.2. The molecule has 1 amide bonds. The highest BCUT2D eigenvalue weighted by molar-refractivity contribution is 5.87. The molecule has 1 aromatic heterocycles. The molecule has 0 saturated carbocycles. The van der Waals surface area contributed by atoms with E-state index in [2.05, 4.69) is 10.3 Å². The number of ether oxygens (including phenoxy) is 1. The number of aromatic nitrogens is 1. The number of carbonyl (C=O) groups excluding carboxylic acids is 1. The average Bonchev–Trinajstić information content (AvgIpc) is 2.53. The van der Waals surface area contributed by atoms with Gasteiger partial charge >= 0.3 is 5.97 Å². The molecular weight excluding hydrogens is 308 g/mol. The number of benzene rings is 1. The van der Waals surface area contributed by atoms with Crippen LogP contribution in [0.25, 0.3) is 12.2 Å². The standard InChI is InChI=1S/C18H18N2O4/c1-13(21)19-17-4-2-3-15(20-17)8-5-14-6-9-16(10-7-14)24-12-11-18(22)23/h2-10H,11-12H2,1H3,(H,22,23)(H,19,20,21)/b8-5+. The van der Waals surface area contributed by atoms with Gasteiger partial charge in [0.25, 0.3) is 0 Å². The summed E-state index contributed by atoms with van der Waals surface area (Å²) in [6.07, 6.45) is 3.70. The van der Waals surface area contributed by atoms with E-state index in [1.807, 2.05) is 36.4 Å². The quantitative estimate of drug-likeness (QED) is 0.816. The van der Waals surface area contributed by atoms with E-state index in [-0.39, 0.29) is 18.9 Å². The van der Waals surface area contributed by atoms with E-state index in [0.29, 0.717) is 11.6 Å². The largest absolute Gasteiger partial charge is 0.493 e. The monoisotopic (exact) mass is 326 g/mol. The summed E-state index contributed by atoms with van der Waals surface area (Å²) >= 11 is 0. The topological polar surface area (TPSA) is 88.5 Å². The fourth-order valence-electron chi connectivity index (χ4n) is 1.91. The van der Waals surface area contributed by atoms with E-state index in [9.17, 15) is 9.59 Å². The smallest absolute Gasteiger partial charge is 0.306 e. The van der Waals surface area contributed by atoms with Crippen molar-refractivity contribution < 1.29 is 19.4 Å². The molecule has 2 aromatic rings. The van der Waals surface area contributed by atoms with Gasteiger partial charge in [0.2, 0.25) is 5.91 Å². The lowest BCUT2D eigenvalue weighted by molar-refractivity contribution is -0.137. The summed E-state index contributed by atoms with van der Waals surface area (Å²) in [5.74, 6) is 0.0803. The van der Waals surface area contributed by atoms with Crippen molar-refractivity contribution in [3.8, 4) is 5.75 Å². The van der Waals surface area contributed by atoms with Gasteiger partial charge in [-0.15, -0.1) is 0 Å². The van der Waals surface area contributed by atoms with Crippen molar-refractivity contribution in [2.24, 2.45) is 0 Å². The Labute approximate surface area is 139 Å². The molecule has 0 saturated heterocycles. The Kier molecular flexibility index (Phi) is 6.08. The Morgan fingerprint density at radius 3 is 2.58 bits per heavy atom. The third kappa shape index (κ3) is 5.92. The second-order valence-electron chi connectivity index (χ2n) is 5.02. The van der Waals surface area contributed by atoms with Crippen LogP contribution in [-0.2, 0) is 9.59 Å².